The number of nitrogens with two attached hydrogens (primary N) is 1. The van der Waals surface area contributed by atoms with E-state index in [0.717, 1.165) is 0 Å². The lowest BCUT2D eigenvalue weighted by Gasteiger charge is -2.23. The van der Waals surface area contributed by atoms with E-state index in [1.165, 1.54) is 4.57 Å². The molecule has 0 spiro atoms. The van der Waals surface area contributed by atoms with Gasteiger partial charge in [-0.3, -0.25) is 0 Å². The van der Waals surface area contributed by atoms with Gasteiger partial charge < -0.3 is 25.3 Å². The molecule has 21 heavy (non-hydrogen) atoms. The number of fused-ring (bicyclic) bond motifs is 1. The fourth-order valence-electron chi connectivity index (χ4n) is 2.39. The molecule has 0 radical (unpaired) electrons. The van der Waals surface area contributed by atoms with E-state index in [9.17, 15) is 10.2 Å². The summed E-state index contributed by atoms with van der Waals surface area (Å²) in [5.41, 5.74) is 3.94. The zero-order chi connectivity index (χ0) is 17.0. The van der Waals surface area contributed by atoms with Crippen molar-refractivity contribution in [1.82, 2.24) is 14.5 Å². The lowest BCUT2D eigenvalue weighted by molar-refractivity contribution is -0.0890. The summed E-state index contributed by atoms with van der Waals surface area (Å²) in [6, 6.07) is 1.64. The van der Waals surface area contributed by atoms with Gasteiger partial charge in [0.15, 0.2) is 5.60 Å². The number of aliphatic hydroxyl groups excluding tert-OH is 1. The first-order valence-electron chi connectivity index (χ1n) is 7.05. The number of rotatable bonds is 2. The summed E-state index contributed by atoms with van der Waals surface area (Å²) in [6.45, 7) is -2.93. The van der Waals surface area contributed by atoms with Crippen molar-refractivity contribution in [3.05, 3.63) is 17.5 Å². The van der Waals surface area contributed by atoms with Gasteiger partial charge in [0.05, 0.1) is 14.7 Å². The Hall–Kier alpha value is -1.85. The normalized spacial score (nSPS) is 31.0. The van der Waals surface area contributed by atoms with Gasteiger partial charge in [-0.25, -0.2) is 4.98 Å². The molecule has 0 amide bonds. The Morgan fingerprint density at radius 3 is 3.10 bits per heavy atom. The molecule has 0 aliphatic carbocycles. The van der Waals surface area contributed by atoms with E-state index in [2.05, 4.69) is 9.97 Å². The Labute approximate surface area is 128 Å². The van der Waals surface area contributed by atoms with Crippen molar-refractivity contribution in [1.29, 1.82) is 0 Å². The molecule has 3 atom stereocenters. The predicted molar refractivity (Wildman–Crippen MR) is 76.3 cm³/mol. The van der Waals surface area contributed by atoms with Crippen molar-refractivity contribution < 1.29 is 17.7 Å². The van der Waals surface area contributed by atoms with Crippen LogP contribution in [0.5, 0.6) is 0 Å². The summed E-state index contributed by atoms with van der Waals surface area (Å²) in [4.78, 5) is 7.91. The van der Waals surface area contributed by atoms with Crippen molar-refractivity contribution in [2.75, 3.05) is 12.3 Å². The maximum absolute atomic E-state index is 10.2. The quantitative estimate of drug-likeness (QED) is 0.544. The van der Waals surface area contributed by atoms with E-state index in [0.29, 0.717) is 11.0 Å². The standard InChI is InChI=1S/C13H13ClN4O3/c1-2-13(6-19)8(20)5-9(21-13)18-4-3-7-10(15)16-12(14)17-11(7)18/h1,3-4,8-9,19-20H,5-6H2,(H2,15,16,17)/t8-,9+,13+/m0/s1/i6D2. The third kappa shape index (κ3) is 2.04. The lowest BCUT2D eigenvalue weighted by atomic mass is 9.99. The third-order valence-electron chi connectivity index (χ3n) is 3.48. The minimum atomic E-state index is -2.93. The average Bonchev–Trinajstić information content (AvgIpc) is 2.99. The minimum absolute atomic E-state index is 0.0461. The Kier molecular flexibility index (Phi) is 2.72. The third-order valence-corrected chi connectivity index (χ3v) is 3.65. The van der Waals surface area contributed by atoms with Crippen LogP contribution in [0.3, 0.4) is 0 Å². The van der Waals surface area contributed by atoms with Crippen LogP contribution in [0.4, 0.5) is 5.82 Å². The van der Waals surface area contributed by atoms with Crippen LogP contribution >= 0.6 is 11.6 Å². The van der Waals surface area contributed by atoms with Gasteiger partial charge in [-0.15, -0.1) is 6.42 Å². The molecule has 0 unspecified atom stereocenters. The van der Waals surface area contributed by atoms with Crippen LogP contribution in [-0.2, 0) is 4.74 Å². The van der Waals surface area contributed by atoms with Crippen molar-refractivity contribution in [2.45, 2.75) is 24.4 Å². The highest BCUT2D eigenvalue weighted by Crippen LogP contribution is 2.38. The van der Waals surface area contributed by atoms with Gasteiger partial charge in [0, 0.05) is 12.6 Å². The van der Waals surface area contributed by atoms with Gasteiger partial charge in [-0.05, 0) is 17.7 Å². The summed E-state index contributed by atoms with van der Waals surface area (Å²) in [7, 11) is 0. The van der Waals surface area contributed by atoms with Crippen molar-refractivity contribution in [3.63, 3.8) is 0 Å². The summed E-state index contributed by atoms with van der Waals surface area (Å²) in [5.74, 6) is 2.21. The molecule has 0 aromatic carbocycles. The Bertz CT molecular complexity index is 816. The van der Waals surface area contributed by atoms with E-state index >= 15 is 0 Å². The lowest BCUT2D eigenvalue weighted by Crippen LogP contribution is -2.41. The number of nitrogens with zero attached hydrogens (tertiary/aromatic N) is 3. The fourth-order valence-corrected chi connectivity index (χ4v) is 2.56. The SMILES string of the molecule is [2H]C([2H])(O)[C@@]1(C#C)O[C@@H](n2ccc3c(N)nc(Cl)nc32)C[C@@H]1O. The predicted octanol–water partition coefficient (Wildman–Crippen LogP) is 0.311. The molecular weight excluding hydrogens is 296 g/mol. The molecule has 1 aliphatic heterocycles. The van der Waals surface area contributed by atoms with Crippen LogP contribution in [0.25, 0.3) is 11.0 Å². The monoisotopic (exact) mass is 310 g/mol. The summed E-state index contributed by atoms with van der Waals surface area (Å²) in [5, 5.41) is 20.3. The molecule has 3 heterocycles. The summed E-state index contributed by atoms with van der Waals surface area (Å²) in [6.07, 6.45) is 4.58. The van der Waals surface area contributed by atoms with Crippen LogP contribution in [0.2, 0.25) is 5.28 Å². The Balaban J connectivity index is 2.07. The first-order valence-corrected chi connectivity index (χ1v) is 6.43. The van der Waals surface area contributed by atoms with Crippen molar-refractivity contribution in [3.8, 4) is 12.3 Å². The molecule has 1 saturated heterocycles. The molecule has 3 rings (SSSR count). The maximum atomic E-state index is 10.2. The van der Waals surface area contributed by atoms with Gasteiger partial charge >= 0.3 is 0 Å². The van der Waals surface area contributed by atoms with E-state index < -0.39 is 24.5 Å². The molecule has 2 aromatic heterocycles. The van der Waals surface area contributed by atoms with Crippen LogP contribution in [0.15, 0.2) is 12.3 Å². The highest BCUT2D eigenvalue weighted by atomic mass is 35.5. The van der Waals surface area contributed by atoms with Gasteiger partial charge in [-0.1, -0.05) is 5.92 Å². The number of aliphatic hydroxyl groups is 2. The second-order valence-corrected chi connectivity index (χ2v) is 4.99. The van der Waals surface area contributed by atoms with Crippen LogP contribution in [0.1, 0.15) is 15.4 Å². The van der Waals surface area contributed by atoms with Gasteiger partial charge in [0.25, 0.3) is 0 Å². The summed E-state index contributed by atoms with van der Waals surface area (Å²) < 4.78 is 22.0. The number of anilines is 1. The van der Waals surface area contributed by atoms with Crippen molar-refractivity contribution >= 4 is 28.5 Å². The van der Waals surface area contributed by atoms with Crippen LogP contribution < -0.4 is 5.73 Å². The summed E-state index contributed by atoms with van der Waals surface area (Å²) >= 11 is 5.81. The van der Waals surface area contributed by atoms with Crippen LogP contribution in [-0.4, -0.2) is 43.0 Å². The van der Waals surface area contributed by atoms with E-state index in [-0.39, 0.29) is 17.5 Å². The number of aromatic nitrogens is 3. The second kappa shape index (κ2) is 4.86. The molecule has 8 heteroatoms. The Morgan fingerprint density at radius 2 is 2.48 bits per heavy atom. The molecular formula is C13H13ClN4O3. The zero-order valence-electron chi connectivity index (χ0n) is 12.7. The minimum Gasteiger partial charge on any atom is -0.392 e. The van der Waals surface area contributed by atoms with Gasteiger partial charge in [-0.2, -0.15) is 4.98 Å². The highest BCUT2D eigenvalue weighted by molar-refractivity contribution is 6.28. The molecule has 1 fully saturated rings. The smallest absolute Gasteiger partial charge is 0.226 e. The number of hydrogen-bond acceptors (Lipinski definition) is 6. The molecule has 110 valence electrons. The maximum Gasteiger partial charge on any atom is 0.226 e. The fraction of sp³-hybridized carbons (Fsp3) is 0.385. The number of hydrogen-bond donors (Lipinski definition) is 3. The van der Waals surface area contributed by atoms with Gasteiger partial charge in [0.1, 0.15) is 23.8 Å². The van der Waals surface area contributed by atoms with Gasteiger partial charge in [0.2, 0.25) is 5.28 Å². The highest BCUT2D eigenvalue weighted by Gasteiger charge is 2.47. The van der Waals surface area contributed by atoms with E-state index in [1.54, 1.807) is 12.3 Å². The number of halogens is 1. The number of terminal acetylenes is 1. The van der Waals surface area contributed by atoms with E-state index in [4.69, 9.17) is 31.2 Å². The topological polar surface area (TPSA) is 106 Å². The van der Waals surface area contributed by atoms with E-state index in [1.807, 2.05) is 5.92 Å². The zero-order valence-corrected chi connectivity index (χ0v) is 11.4. The Morgan fingerprint density at radius 1 is 1.71 bits per heavy atom. The van der Waals surface area contributed by atoms with Crippen LogP contribution in [0, 0.1) is 12.3 Å². The number of ether oxygens (including phenoxy) is 1. The molecule has 0 bridgehead atoms. The molecule has 0 saturated carbocycles. The molecule has 1 aliphatic rings. The molecule has 7 nitrogen and oxygen atoms in total. The average molecular weight is 311 g/mol. The first kappa shape index (κ1) is 11.8. The largest absolute Gasteiger partial charge is 0.392 e. The molecule has 4 N–H and O–H groups in total. The van der Waals surface area contributed by atoms with Crippen molar-refractivity contribution in [2.24, 2.45) is 0 Å². The second-order valence-electron chi connectivity index (χ2n) is 4.65. The molecule has 2 aromatic rings. The first-order chi connectivity index (χ1) is 10.7. The number of nitrogen functional groups attached to an aromatic ring is 1.